The predicted octanol–water partition coefficient (Wildman–Crippen LogP) is 1.79. The fourth-order valence-corrected chi connectivity index (χ4v) is 3.11. The van der Waals surface area contributed by atoms with Gasteiger partial charge in [0.05, 0.1) is 6.61 Å². The van der Waals surface area contributed by atoms with Gasteiger partial charge < -0.3 is 9.64 Å². The van der Waals surface area contributed by atoms with Gasteiger partial charge in [0.2, 0.25) is 0 Å². The maximum absolute atomic E-state index is 12.0. The van der Waals surface area contributed by atoms with E-state index in [2.05, 4.69) is 44.3 Å². The standard InChI is InChI=1S/C18H25N5O2/c1-3-22-8-10-23(11-9-22)13-14-6-5-7-15(12-14)16-17(20-21-19-16)18(24)25-4-2/h5-7,12H,3-4,8-11,13H2,1-2H3,(H,19,20,21). The number of nitrogens with zero attached hydrogens (tertiary/aromatic N) is 4. The number of aromatic amines is 1. The summed E-state index contributed by atoms with van der Waals surface area (Å²) in [5.74, 6) is -0.452. The SMILES string of the molecule is CCOC(=O)c1n[nH]nc1-c1cccc(CN2CCN(CC)CC2)c1. The van der Waals surface area contributed by atoms with Crippen LogP contribution in [0.1, 0.15) is 29.9 Å². The van der Waals surface area contributed by atoms with Gasteiger partial charge in [0, 0.05) is 38.3 Å². The molecule has 0 amide bonds. The topological polar surface area (TPSA) is 74.3 Å². The molecule has 0 spiro atoms. The van der Waals surface area contributed by atoms with E-state index in [0.717, 1.165) is 44.8 Å². The van der Waals surface area contributed by atoms with Crippen molar-refractivity contribution in [3.8, 4) is 11.3 Å². The lowest BCUT2D eigenvalue weighted by Crippen LogP contribution is -2.45. The lowest BCUT2D eigenvalue weighted by atomic mass is 10.1. The summed E-state index contributed by atoms with van der Waals surface area (Å²) in [6, 6.07) is 8.13. The minimum Gasteiger partial charge on any atom is -0.461 e. The van der Waals surface area contributed by atoms with Gasteiger partial charge in [-0.05, 0) is 25.1 Å². The lowest BCUT2D eigenvalue weighted by Gasteiger charge is -2.34. The molecule has 134 valence electrons. The molecule has 0 radical (unpaired) electrons. The summed E-state index contributed by atoms with van der Waals surface area (Å²) >= 11 is 0. The third kappa shape index (κ3) is 4.24. The minimum absolute atomic E-state index is 0.232. The Morgan fingerprint density at radius 3 is 2.64 bits per heavy atom. The number of nitrogens with one attached hydrogen (secondary N) is 1. The summed E-state index contributed by atoms with van der Waals surface area (Å²) in [6.45, 7) is 10.7. The fourth-order valence-electron chi connectivity index (χ4n) is 3.11. The van der Waals surface area contributed by atoms with Crippen molar-refractivity contribution < 1.29 is 9.53 Å². The number of hydrogen-bond donors (Lipinski definition) is 1. The molecule has 7 heteroatoms. The monoisotopic (exact) mass is 343 g/mol. The largest absolute Gasteiger partial charge is 0.461 e. The van der Waals surface area contributed by atoms with E-state index in [1.54, 1.807) is 6.92 Å². The van der Waals surface area contributed by atoms with Crippen LogP contribution in [0.2, 0.25) is 0 Å². The second-order valence-electron chi connectivity index (χ2n) is 6.15. The van der Waals surface area contributed by atoms with Gasteiger partial charge in [0.15, 0.2) is 5.69 Å². The molecule has 0 atom stereocenters. The average Bonchev–Trinajstić information content (AvgIpc) is 3.13. The first-order valence-corrected chi connectivity index (χ1v) is 8.83. The Morgan fingerprint density at radius 1 is 1.16 bits per heavy atom. The van der Waals surface area contributed by atoms with Crippen LogP contribution in [0.5, 0.6) is 0 Å². The van der Waals surface area contributed by atoms with Crippen molar-refractivity contribution in [2.24, 2.45) is 0 Å². The van der Waals surface area contributed by atoms with E-state index in [0.29, 0.717) is 12.3 Å². The molecule has 3 rings (SSSR count). The van der Waals surface area contributed by atoms with E-state index in [9.17, 15) is 4.79 Å². The molecule has 0 aliphatic carbocycles. The Balaban J connectivity index is 1.72. The van der Waals surface area contributed by atoms with Crippen LogP contribution in [0.3, 0.4) is 0 Å². The van der Waals surface area contributed by atoms with E-state index >= 15 is 0 Å². The molecule has 0 bridgehead atoms. The van der Waals surface area contributed by atoms with Crippen LogP contribution in [-0.2, 0) is 11.3 Å². The van der Waals surface area contributed by atoms with Crippen molar-refractivity contribution in [1.82, 2.24) is 25.2 Å². The Hall–Kier alpha value is -2.25. The molecule has 0 saturated carbocycles. The second kappa shape index (κ2) is 8.22. The highest BCUT2D eigenvalue weighted by atomic mass is 16.5. The molecule has 1 aromatic heterocycles. The lowest BCUT2D eigenvalue weighted by molar-refractivity contribution is 0.0520. The number of rotatable bonds is 6. The molecule has 7 nitrogen and oxygen atoms in total. The van der Waals surface area contributed by atoms with Gasteiger partial charge in [-0.2, -0.15) is 10.3 Å². The smallest absolute Gasteiger partial charge is 0.361 e. The fraction of sp³-hybridized carbons (Fsp3) is 0.500. The number of aromatic nitrogens is 3. The van der Waals surface area contributed by atoms with Gasteiger partial charge in [0.25, 0.3) is 0 Å². The van der Waals surface area contributed by atoms with E-state index in [-0.39, 0.29) is 5.69 Å². The minimum atomic E-state index is -0.452. The Labute approximate surface area is 148 Å². The molecule has 1 aliphatic heterocycles. The van der Waals surface area contributed by atoms with Crippen LogP contribution < -0.4 is 0 Å². The average molecular weight is 343 g/mol. The third-order valence-corrected chi connectivity index (χ3v) is 4.54. The normalized spacial score (nSPS) is 16.1. The molecular weight excluding hydrogens is 318 g/mol. The van der Waals surface area contributed by atoms with Gasteiger partial charge in [-0.3, -0.25) is 4.90 Å². The third-order valence-electron chi connectivity index (χ3n) is 4.54. The van der Waals surface area contributed by atoms with Crippen LogP contribution in [-0.4, -0.2) is 70.5 Å². The molecule has 1 fully saturated rings. The van der Waals surface area contributed by atoms with E-state index in [1.807, 2.05) is 12.1 Å². The van der Waals surface area contributed by atoms with Crippen molar-refractivity contribution in [2.45, 2.75) is 20.4 Å². The maximum Gasteiger partial charge on any atom is 0.361 e. The van der Waals surface area contributed by atoms with Crippen LogP contribution >= 0.6 is 0 Å². The number of carbonyl (C=O) groups excluding carboxylic acids is 1. The van der Waals surface area contributed by atoms with Gasteiger partial charge in [-0.15, -0.1) is 5.10 Å². The van der Waals surface area contributed by atoms with Crippen molar-refractivity contribution in [3.63, 3.8) is 0 Å². The molecule has 25 heavy (non-hydrogen) atoms. The Morgan fingerprint density at radius 2 is 1.92 bits per heavy atom. The number of benzene rings is 1. The summed E-state index contributed by atoms with van der Waals surface area (Å²) < 4.78 is 5.05. The number of ether oxygens (including phenoxy) is 1. The van der Waals surface area contributed by atoms with Gasteiger partial charge >= 0.3 is 5.97 Å². The van der Waals surface area contributed by atoms with Crippen LogP contribution in [0.25, 0.3) is 11.3 Å². The number of piperazine rings is 1. The van der Waals surface area contributed by atoms with Gasteiger partial charge in [-0.25, -0.2) is 4.79 Å². The molecule has 2 aromatic rings. The van der Waals surface area contributed by atoms with Crippen molar-refractivity contribution in [3.05, 3.63) is 35.5 Å². The first-order chi connectivity index (χ1) is 12.2. The highest BCUT2D eigenvalue weighted by molar-refractivity contribution is 5.93. The number of likely N-dealkylation sites (N-methyl/N-ethyl adjacent to an activating group) is 1. The Bertz CT molecular complexity index is 707. The van der Waals surface area contributed by atoms with Crippen LogP contribution in [0.15, 0.2) is 24.3 Å². The maximum atomic E-state index is 12.0. The highest BCUT2D eigenvalue weighted by Gasteiger charge is 2.20. The first-order valence-electron chi connectivity index (χ1n) is 8.83. The summed E-state index contributed by atoms with van der Waals surface area (Å²) in [5, 5.41) is 10.6. The summed E-state index contributed by atoms with van der Waals surface area (Å²) in [4.78, 5) is 16.9. The van der Waals surface area contributed by atoms with E-state index < -0.39 is 5.97 Å². The highest BCUT2D eigenvalue weighted by Crippen LogP contribution is 2.22. The van der Waals surface area contributed by atoms with E-state index in [4.69, 9.17) is 4.74 Å². The number of esters is 1. The van der Waals surface area contributed by atoms with Crippen molar-refractivity contribution in [1.29, 1.82) is 0 Å². The molecule has 0 unspecified atom stereocenters. The zero-order chi connectivity index (χ0) is 17.6. The first kappa shape index (κ1) is 17.6. The summed E-state index contributed by atoms with van der Waals surface area (Å²) in [7, 11) is 0. The van der Waals surface area contributed by atoms with Crippen LogP contribution in [0, 0.1) is 0 Å². The molecule has 1 saturated heterocycles. The molecular formula is C18H25N5O2. The molecule has 1 N–H and O–H groups in total. The van der Waals surface area contributed by atoms with Crippen molar-refractivity contribution >= 4 is 5.97 Å². The summed E-state index contributed by atoms with van der Waals surface area (Å²) in [6.07, 6.45) is 0. The molecule has 1 aliphatic rings. The zero-order valence-corrected chi connectivity index (χ0v) is 14.9. The number of H-pyrrole nitrogens is 1. The Kier molecular flexibility index (Phi) is 5.78. The van der Waals surface area contributed by atoms with Gasteiger partial charge in [0.1, 0.15) is 5.69 Å². The summed E-state index contributed by atoms with van der Waals surface area (Å²) in [5.41, 5.74) is 2.86. The number of hydrogen-bond acceptors (Lipinski definition) is 6. The van der Waals surface area contributed by atoms with Gasteiger partial charge in [-0.1, -0.05) is 25.1 Å². The number of carbonyl (C=O) groups is 1. The second-order valence-corrected chi connectivity index (χ2v) is 6.15. The van der Waals surface area contributed by atoms with Crippen molar-refractivity contribution in [2.75, 3.05) is 39.3 Å². The van der Waals surface area contributed by atoms with Crippen LogP contribution in [0.4, 0.5) is 0 Å². The van der Waals surface area contributed by atoms with E-state index in [1.165, 1.54) is 5.56 Å². The molecule has 1 aromatic carbocycles. The quantitative estimate of drug-likeness (QED) is 0.806. The predicted molar refractivity (Wildman–Crippen MR) is 95.2 cm³/mol. The zero-order valence-electron chi connectivity index (χ0n) is 14.9. The molecule has 2 heterocycles.